The van der Waals surface area contributed by atoms with Crippen LogP contribution in [0.5, 0.6) is 11.5 Å². The van der Waals surface area contributed by atoms with Crippen molar-refractivity contribution in [2.75, 3.05) is 0 Å². The smallest absolute Gasteiger partial charge is 0.132 e. The van der Waals surface area contributed by atoms with E-state index in [2.05, 4.69) is 22.4 Å². The lowest BCUT2D eigenvalue weighted by Crippen LogP contribution is -2.25. The molecule has 2 heterocycles. The van der Waals surface area contributed by atoms with Crippen LogP contribution in [0.1, 0.15) is 22.2 Å². The van der Waals surface area contributed by atoms with Crippen molar-refractivity contribution >= 4 is 11.3 Å². The molecule has 104 valence electrons. The van der Waals surface area contributed by atoms with E-state index in [1.165, 1.54) is 11.1 Å². The van der Waals surface area contributed by atoms with E-state index in [0.717, 1.165) is 23.1 Å². The monoisotopic (exact) mass is 294 g/mol. The first-order chi connectivity index (χ1) is 10.4. The lowest BCUT2D eigenvalue weighted by Gasteiger charge is -2.28. The highest BCUT2D eigenvalue weighted by Gasteiger charge is 2.26. The Morgan fingerprint density at radius 3 is 2.29 bits per heavy atom. The fourth-order valence-corrected chi connectivity index (χ4v) is 3.23. The molecule has 0 bridgehead atoms. The molecular formula is C17H14N2OS. The summed E-state index contributed by atoms with van der Waals surface area (Å²) in [6.45, 7) is 0.755. The zero-order valence-corrected chi connectivity index (χ0v) is 12.1. The topological polar surface area (TPSA) is 34.1 Å². The van der Waals surface area contributed by atoms with Gasteiger partial charge in [0.2, 0.25) is 0 Å². The lowest BCUT2D eigenvalue weighted by atomic mass is 9.94. The van der Waals surface area contributed by atoms with E-state index in [1.807, 2.05) is 48.0 Å². The molecule has 4 heteroatoms. The Labute approximate surface area is 127 Å². The number of hydrogen-bond donors (Lipinski definition) is 1. The summed E-state index contributed by atoms with van der Waals surface area (Å²) in [4.78, 5) is 4.34. The van der Waals surface area contributed by atoms with Crippen LogP contribution < -0.4 is 10.1 Å². The van der Waals surface area contributed by atoms with Crippen LogP contribution in [-0.4, -0.2) is 4.98 Å². The SMILES string of the molecule is c1ccc2c(c1)Oc1ccccc1C2NCc1nccs1. The normalized spacial score (nSPS) is 13.3. The molecule has 3 aromatic rings. The fourth-order valence-electron chi connectivity index (χ4n) is 2.66. The Morgan fingerprint density at radius 1 is 1.00 bits per heavy atom. The van der Waals surface area contributed by atoms with Crippen LogP contribution in [0, 0.1) is 0 Å². The molecule has 0 radical (unpaired) electrons. The minimum atomic E-state index is 0.134. The molecule has 0 atom stereocenters. The minimum Gasteiger partial charge on any atom is -0.457 e. The van der Waals surface area contributed by atoms with Crippen molar-refractivity contribution in [1.29, 1.82) is 0 Å². The van der Waals surface area contributed by atoms with Gasteiger partial charge in [-0.25, -0.2) is 4.98 Å². The summed E-state index contributed by atoms with van der Waals surface area (Å²) in [7, 11) is 0. The van der Waals surface area contributed by atoms with Crippen LogP contribution in [0.3, 0.4) is 0 Å². The Hall–Kier alpha value is -2.17. The third-order valence-electron chi connectivity index (χ3n) is 3.62. The van der Waals surface area contributed by atoms with Crippen molar-refractivity contribution in [2.24, 2.45) is 0 Å². The summed E-state index contributed by atoms with van der Waals surface area (Å²) in [6.07, 6.45) is 1.84. The van der Waals surface area contributed by atoms with Crippen molar-refractivity contribution in [3.63, 3.8) is 0 Å². The molecule has 0 saturated carbocycles. The highest BCUT2D eigenvalue weighted by molar-refractivity contribution is 7.09. The molecule has 3 nitrogen and oxygen atoms in total. The van der Waals surface area contributed by atoms with Crippen molar-refractivity contribution < 1.29 is 4.74 Å². The van der Waals surface area contributed by atoms with Crippen LogP contribution in [0.15, 0.2) is 60.1 Å². The van der Waals surface area contributed by atoms with Gasteiger partial charge in [-0.3, -0.25) is 5.32 Å². The Bertz CT molecular complexity index is 709. The zero-order chi connectivity index (χ0) is 14.1. The fraction of sp³-hybridized carbons (Fsp3) is 0.118. The molecular weight excluding hydrogens is 280 g/mol. The number of hydrogen-bond acceptors (Lipinski definition) is 4. The quantitative estimate of drug-likeness (QED) is 0.788. The summed E-state index contributed by atoms with van der Waals surface area (Å²) in [5.74, 6) is 1.85. The average Bonchev–Trinajstić information content (AvgIpc) is 3.05. The Kier molecular flexibility index (Phi) is 3.18. The number of aromatic nitrogens is 1. The summed E-state index contributed by atoms with van der Waals surface area (Å²) >= 11 is 1.67. The number of fused-ring (bicyclic) bond motifs is 2. The number of nitrogens with one attached hydrogen (secondary N) is 1. The van der Waals surface area contributed by atoms with E-state index >= 15 is 0 Å². The van der Waals surface area contributed by atoms with E-state index in [4.69, 9.17) is 4.74 Å². The molecule has 0 unspecified atom stereocenters. The van der Waals surface area contributed by atoms with Gasteiger partial charge in [-0.05, 0) is 12.1 Å². The third-order valence-corrected chi connectivity index (χ3v) is 4.40. The van der Waals surface area contributed by atoms with Gasteiger partial charge < -0.3 is 4.74 Å². The first-order valence-electron chi connectivity index (χ1n) is 6.89. The molecule has 0 saturated heterocycles. The molecule has 1 aliphatic rings. The van der Waals surface area contributed by atoms with Gasteiger partial charge in [-0.15, -0.1) is 11.3 Å². The van der Waals surface area contributed by atoms with Crippen molar-refractivity contribution in [2.45, 2.75) is 12.6 Å². The average molecular weight is 294 g/mol. The van der Waals surface area contributed by atoms with Crippen LogP contribution in [0.2, 0.25) is 0 Å². The minimum absolute atomic E-state index is 0.134. The van der Waals surface area contributed by atoms with Crippen molar-refractivity contribution in [3.05, 3.63) is 76.2 Å². The standard InChI is InChI=1S/C17H14N2OS/c1-3-7-14-12(5-1)17(19-11-16-18-9-10-21-16)13-6-2-4-8-15(13)20-14/h1-10,17,19H,11H2. The second-order valence-electron chi connectivity index (χ2n) is 4.92. The Morgan fingerprint density at radius 2 is 1.67 bits per heavy atom. The van der Waals surface area contributed by atoms with E-state index in [1.54, 1.807) is 11.3 Å². The maximum absolute atomic E-state index is 5.99. The highest BCUT2D eigenvalue weighted by Crippen LogP contribution is 2.42. The van der Waals surface area contributed by atoms with Crippen molar-refractivity contribution in [3.8, 4) is 11.5 Å². The van der Waals surface area contributed by atoms with Crippen molar-refractivity contribution in [1.82, 2.24) is 10.3 Å². The molecule has 1 N–H and O–H groups in total. The maximum atomic E-state index is 5.99. The number of ether oxygens (including phenoxy) is 1. The van der Waals surface area contributed by atoms with Gasteiger partial charge in [-0.2, -0.15) is 0 Å². The molecule has 1 aliphatic heterocycles. The first-order valence-corrected chi connectivity index (χ1v) is 7.77. The first kappa shape index (κ1) is 12.6. The summed E-state index contributed by atoms with van der Waals surface area (Å²) in [5.41, 5.74) is 2.35. The van der Waals surface area contributed by atoms with Crippen LogP contribution in [0.4, 0.5) is 0 Å². The number of para-hydroxylation sites is 2. The van der Waals surface area contributed by atoms with E-state index in [-0.39, 0.29) is 6.04 Å². The van der Waals surface area contributed by atoms with Gasteiger partial charge >= 0.3 is 0 Å². The molecule has 4 rings (SSSR count). The molecule has 0 spiro atoms. The maximum Gasteiger partial charge on any atom is 0.132 e. The van der Waals surface area contributed by atoms with E-state index in [0.29, 0.717) is 0 Å². The molecule has 0 fully saturated rings. The van der Waals surface area contributed by atoms with E-state index in [9.17, 15) is 0 Å². The number of benzene rings is 2. The largest absolute Gasteiger partial charge is 0.457 e. The lowest BCUT2D eigenvalue weighted by molar-refractivity contribution is 0.427. The molecule has 0 amide bonds. The van der Waals surface area contributed by atoms with Gasteiger partial charge in [0.1, 0.15) is 16.5 Å². The predicted octanol–water partition coefficient (Wildman–Crippen LogP) is 4.13. The third kappa shape index (κ3) is 2.33. The second-order valence-corrected chi connectivity index (χ2v) is 5.90. The second kappa shape index (κ2) is 5.31. The van der Waals surface area contributed by atoms with Crippen LogP contribution in [-0.2, 0) is 6.54 Å². The van der Waals surface area contributed by atoms with Crippen LogP contribution >= 0.6 is 11.3 Å². The Balaban J connectivity index is 1.71. The van der Waals surface area contributed by atoms with E-state index < -0.39 is 0 Å². The zero-order valence-electron chi connectivity index (χ0n) is 11.3. The van der Waals surface area contributed by atoms with Gasteiger partial charge in [0, 0.05) is 29.2 Å². The predicted molar refractivity (Wildman–Crippen MR) is 83.8 cm³/mol. The summed E-state index contributed by atoms with van der Waals surface area (Å²) in [6, 6.07) is 16.5. The molecule has 0 aliphatic carbocycles. The van der Waals surface area contributed by atoms with Gasteiger partial charge in [-0.1, -0.05) is 36.4 Å². The highest BCUT2D eigenvalue weighted by atomic mass is 32.1. The number of thiazole rings is 1. The number of nitrogens with zero attached hydrogens (tertiary/aromatic N) is 1. The van der Waals surface area contributed by atoms with Gasteiger partial charge in [0.15, 0.2) is 0 Å². The number of rotatable bonds is 3. The van der Waals surface area contributed by atoms with Gasteiger partial charge in [0.05, 0.1) is 6.04 Å². The van der Waals surface area contributed by atoms with Gasteiger partial charge in [0.25, 0.3) is 0 Å². The molecule has 21 heavy (non-hydrogen) atoms. The molecule has 2 aromatic carbocycles. The summed E-state index contributed by atoms with van der Waals surface area (Å²) < 4.78 is 5.99. The molecule has 1 aromatic heterocycles. The van der Waals surface area contributed by atoms with Crippen LogP contribution in [0.25, 0.3) is 0 Å². The summed E-state index contributed by atoms with van der Waals surface area (Å²) in [5, 5.41) is 6.70.